The van der Waals surface area contributed by atoms with E-state index in [1.165, 1.54) is 12.1 Å². The van der Waals surface area contributed by atoms with Gasteiger partial charge in [0.15, 0.2) is 0 Å². The first-order valence-corrected chi connectivity index (χ1v) is 8.31. The summed E-state index contributed by atoms with van der Waals surface area (Å²) in [6, 6.07) is 6.64. The van der Waals surface area contributed by atoms with E-state index < -0.39 is 0 Å². The second-order valence-electron chi connectivity index (χ2n) is 6.01. The third kappa shape index (κ3) is 3.28. The van der Waals surface area contributed by atoms with Crippen molar-refractivity contribution in [2.45, 2.75) is 52.0 Å². The third-order valence-electron chi connectivity index (χ3n) is 4.07. The second kappa shape index (κ2) is 6.52. The highest BCUT2D eigenvalue weighted by atomic mass is 19.1. The predicted molar refractivity (Wildman–Crippen MR) is 87.4 cm³/mol. The Balaban J connectivity index is 2.07. The van der Waals surface area contributed by atoms with Gasteiger partial charge in [0, 0.05) is 6.04 Å². The Bertz CT molecular complexity index is 719. The zero-order valence-corrected chi connectivity index (χ0v) is 13.6. The van der Waals surface area contributed by atoms with Crippen LogP contribution in [0.25, 0.3) is 5.69 Å². The largest absolute Gasteiger partial charge is 0.349 e. The average Bonchev–Trinajstić information content (AvgIpc) is 3.26. The van der Waals surface area contributed by atoms with Crippen molar-refractivity contribution in [1.29, 1.82) is 0 Å². The number of halogens is 1. The molecule has 1 aliphatic carbocycles. The molecular weight excluding hydrogens is 293 g/mol. The van der Waals surface area contributed by atoms with Gasteiger partial charge in [0.25, 0.3) is 5.91 Å². The highest BCUT2D eigenvalue weighted by Gasteiger charge is 2.28. The number of aromatic nitrogens is 2. The lowest BCUT2D eigenvalue weighted by molar-refractivity contribution is 0.0949. The minimum Gasteiger partial charge on any atom is -0.349 e. The van der Waals surface area contributed by atoms with Gasteiger partial charge in [0.05, 0.1) is 22.6 Å². The molecule has 5 heteroatoms. The molecular formula is C18H22FN3O. The summed E-state index contributed by atoms with van der Waals surface area (Å²) in [4.78, 5) is 12.6. The minimum absolute atomic E-state index is 0.0459. The van der Waals surface area contributed by atoms with Crippen LogP contribution in [0.1, 0.15) is 54.9 Å². The fraction of sp³-hybridized carbons (Fsp3) is 0.444. The van der Waals surface area contributed by atoms with E-state index in [0.29, 0.717) is 23.7 Å². The molecule has 0 bridgehead atoms. The van der Waals surface area contributed by atoms with E-state index in [4.69, 9.17) is 0 Å². The van der Waals surface area contributed by atoms with Gasteiger partial charge in [-0.05, 0) is 43.9 Å². The van der Waals surface area contributed by atoms with Crippen molar-refractivity contribution in [1.82, 2.24) is 15.1 Å². The maximum Gasteiger partial charge on any atom is 0.255 e. The summed E-state index contributed by atoms with van der Waals surface area (Å²) in [5.41, 5.74) is 2.97. The number of carbonyl (C=O) groups excluding carboxylic acids is 1. The number of aryl methyl sites for hydroxylation is 1. The molecule has 2 aromatic rings. The highest BCUT2D eigenvalue weighted by molar-refractivity contribution is 5.97. The summed E-state index contributed by atoms with van der Waals surface area (Å²) in [7, 11) is 0. The van der Waals surface area contributed by atoms with E-state index in [9.17, 15) is 9.18 Å². The predicted octanol–water partition coefficient (Wildman–Crippen LogP) is 3.42. The standard InChI is InChI=1S/C18H22FN3O/c1-3-6-15-17(18(23)20-13-9-10-13)16(4-2)22(21-15)14-8-5-7-12(19)11-14/h5,7-8,11,13H,3-4,6,9-10H2,1-2H3,(H,20,23). The number of rotatable bonds is 6. The molecule has 23 heavy (non-hydrogen) atoms. The lowest BCUT2D eigenvalue weighted by atomic mass is 10.1. The zero-order valence-electron chi connectivity index (χ0n) is 13.6. The van der Waals surface area contributed by atoms with Gasteiger partial charge in [-0.15, -0.1) is 0 Å². The van der Waals surface area contributed by atoms with E-state index in [2.05, 4.69) is 17.3 Å². The first-order valence-electron chi connectivity index (χ1n) is 8.31. The first kappa shape index (κ1) is 15.7. The van der Waals surface area contributed by atoms with Crippen molar-refractivity contribution in [3.8, 4) is 5.69 Å². The van der Waals surface area contributed by atoms with Crippen LogP contribution in [0.5, 0.6) is 0 Å². The van der Waals surface area contributed by atoms with Crippen LogP contribution in [-0.4, -0.2) is 21.7 Å². The van der Waals surface area contributed by atoms with Gasteiger partial charge >= 0.3 is 0 Å². The molecule has 3 rings (SSSR count). The smallest absolute Gasteiger partial charge is 0.255 e. The fourth-order valence-corrected chi connectivity index (χ4v) is 2.81. The second-order valence-corrected chi connectivity index (χ2v) is 6.01. The molecule has 1 heterocycles. The van der Waals surface area contributed by atoms with Crippen molar-refractivity contribution in [2.24, 2.45) is 0 Å². The SMILES string of the molecule is CCCc1nn(-c2cccc(F)c2)c(CC)c1C(=O)NC1CC1. The number of benzene rings is 1. The number of nitrogens with one attached hydrogen (secondary N) is 1. The topological polar surface area (TPSA) is 46.9 Å². The fourth-order valence-electron chi connectivity index (χ4n) is 2.81. The van der Waals surface area contributed by atoms with Gasteiger partial charge in [-0.3, -0.25) is 4.79 Å². The van der Waals surface area contributed by atoms with Crippen LogP contribution in [0.3, 0.4) is 0 Å². The maximum atomic E-state index is 13.6. The average molecular weight is 315 g/mol. The van der Waals surface area contributed by atoms with E-state index in [1.807, 2.05) is 13.0 Å². The van der Waals surface area contributed by atoms with E-state index >= 15 is 0 Å². The molecule has 0 spiro atoms. The van der Waals surface area contributed by atoms with Gasteiger partial charge in [-0.1, -0.05) is 26.3 Å². The lowest BCUT2D eigenvalue weighted by Crippen LogP contribution is -2.27. The molecule has 0 unspecified atom stereocenters. The Morgan fingerprint density at radius 1 is 1.39 bits per heavy atom. The quantitative estimate of drug-likeness (QED) is 0.888. The summed E-state index contributed by atoms with van der Waals surface area (Å²) in [6.45, 7) is 4.06. The van der Waals surface area contributed by atoms with Crippen molar-refractivity contribution in [3.63, 3.8) is 0 Å². The molecule has 1 fully saturated rings. The molecule has 1 saturated carbocycles. The molecule has 0 saturated heterocycles. The molecule has 0 radical (unpaired) electrons. The molecule has 1 N–H and O–H groups in total. The molecule has 0 aliphatic heterocycles. The maximum absolute atomic E-state index is 13.6. The van der Waals surface area contributed by atoms with Crippen molar-refractivity contribution < 1.29 is 9.18 Å². The van der Waals surface area contributed by atoms with Crippen LogP contribution >= 0.6 is 0 Å². The first-order chi connectivity index (χ1) is 11.1. The third-order valence-corrected chi connectivity index (χ3v) is 4.07. The lowest BCUT2D eigenvalue weighted by Gasteiger charge is -2.08. The summed E-state index contributed by atoms with van der Waals surface area (Å²) >= 11 is 0. The summed E-state index contributed by atoms with van der Waals surface area (Å²) in [5, 5.41) is 7.67. The molecule has 1 aromatic heterocycles. The number of hydrogen-bond acceptors (Lipinski definition) is 2. The van der Waals surface area contributed by atoms with Crippen LogP contribution in [0, 0.1) is 5.82 Å². The van der Waals surface area contributed by atoms with Gasteiger partial charge in [-0.2, -0.15) is 5.10 Å². The number of carbonyl (C=O) groups is 1. The number of amides is 1. The molecule has 0 atom stereocenters. The van der Waals surface area contributed by atoms with Crippen molar-refractivity contribution in [3.05, 3.63) is 47.0 Å². The molecule has 1 aliphatic rings. The van der Waals surface area contributed by atoms with Gasteiger partial charge in [0.2, 0.25) is 0 Å². The van der Waals surface area contributed by atoms with Gasteiger partial charge in [0.1, 0.15) is 5.82 Å². The summed E-state index contributed by atoms with van der Waals surface area (Å²) in [6.07, 6.45) is 4.42. The highest BCUT2D eigenvalue weighted by Crippen LogP contribution is 2.24. The van der Waals surface area contributed by atoms with E-state index in [1.54, 1.807) is 10.7 Å². The van der Waals surface area contributed by atoms with Gasteiger partial charge in [-0.25, -0.2) is 9.07 Å². The van der Waals surface area contributed by atoms with Crippen LogP contribution in [0.15, 0.2) is 24.3 Å². The molecule has 1 aromatic carbocycles. The van der Waals surface area contributed by atoms with Crippen LogP contribution in [0.2, 0.25) is 0 Å². The Morgan fingerprint density at radius 2 is 2.17 bits per heavy atom. The van der Waals surface area contributed by atoms with Crippen LogP contribution in [-0.2, 0) is 12.8 Å². The van der Waals surface area contributed by atoms with Crippen LogP contribution in [0.4, 0.5) is 4.39 Å². The molecule has 1 amide bonds. The Kier molecular flexibility index (Phi) is 4.46. The Hall–Kier alpha value is -2.17. The van der Waals surface area contributed by atoms with Crippen LogP contribution < -0.4 is 5.32 Å². The van der Waals surface area contributed by atoms with Gasteiger partial charge < -0.3 is 5.32 Å². The normalized spacial score (nSPS) is 14.0. The molecule has 4 nitrogen and oxygen atoms in total. The van der Waals surface area contributed by atoms with E-state index in [0.717, 1.165) is 37.1 Å². The van der Waals surface area contributed by atoms with E-state index in [-0.39, 0.29) is 11.7 Å². The summed E-state index contributed by atoms with van der Waals surface area (Å²) in [5.74, 6) is -0.350. The Morgan fingerprint density at radius 3 is 2.78 bits per heavy atom. The number of nitrogens with zero attached hydrogens (tertiary/aromatic N) is 2. The minimum atomic E-state index is -0.305. The molecule has 122 valence electrons. The Labute approximate surface area is 135 Å². The van der Waals surface area contributed by atoms with Crippen molar-refractivity contribution >= 4 is 5.91 Å². The zero-order chi connectivity index (χ0) is 16.4. The monoisotopic (exact) mass is 315 g/mol. The van der Waals surface area contributed by atoms with Crippen molar-refractivity contribution in [2.75, 3.05) is 0 Å². The number of hydrogen-bond donors (Lipinski definition) is 1. The summed E-state index contributed by atoms with van der Waals surface area (Å²) < 4.78 is 15.3.